The molecule has 0 atom stereocenters. The minimum absolute atomic E-state index is 0.409. The molecule has 3 aromatic rings. The normalized spacial score (nSPS) is 10.7. The van der Waals surface area contributed by atoms with Crippen LogP contribution in [0.15, 0.2) is 45.6 Å². The first-order valence-electron chi connectivity index (χ1n) is 6.88. The summed E-state index contributed by atoms with van der Waals surface area (Å²) in [5.41, 5.74) is 3.00. The van der Waals surface area contributed by atoms with E-state index in [1.807, 2.05) is 6.92 Å². The van der Waals surface area contributed by atoms with Gasteiger partial charge in [-0.15, -0.1) is 0 Å². The molecule has 0 radical (unpaired) electrons. The highest BCUT2D eigenvalue weighted by molar-refractivity contribution is 6.31. The molecule has 2 N–H and O–H groups in total. The Labute approximate surface area is 136 Å². The summed E-state index contributed by atoms with van der Waals surface area (Å²) in [5.74, 6) is -0.448. The molecule has 0 fully saturated rings. The lowest BCUT2D eigenvalue weighted by Gasteiger charge is -2.10. The number of carbonyl (C=O) groups is 1. The molecule has 6 nitrogen and oxygen atoms in total. The first-order valence-corrected chi connectivity index (χ1v) is 7.26. The standard InChI is InChI=1S/C16H14ClN3O3/c1-9-11(17)4-3-5-12(9)19-15(21)18-10-6-7-13-14(8-10)23-16(22)20(13)2/h3-8H,1-2H3,(H2,18,19,21). The van der Waals surface area contributed by atoms with Crippen LogP contribution in [0.1, 0.15) is 5.56 Å². The van der Waals surface area contributed by atoms with Crippen molar-refractivity contribution in [1.82, 2.24) is 4.57 Å². The topological polar surface area (TPSA) is 76.3 Å². The van der Waals surface area contributed by atoms with Gasteiger partial charge < -0.3 is 15.1 Å². The number of amides is 2. The fraction of sp³-hybridized carbons (Fsp3) is 0.125. The molecule has 23 heavy (non-hydrogen) atoms. The molecular formula is C16H14ClN3O3. The first-order chi connectivity index (χ1) is 11.0. The van der Waals surface area contributed by atoms with Gasteiger partial charge in [0.25, 0.3) is 0 Å². The zero-order valence-electron chi connectivity index (χ0n) is 12.5. The molecule has 2 aromatic carbocycles. The lowest BCUT2D eigenvalue weighted by molar-refractivity contribution is 0.262. The molecule has 0 aliphatic carbocycles. The van der Waals surface area contributed by atoms with Crippen LogP contribution in [0.3, 0.4) is 0 Å². The number of benzene rings is 2. The Hall–Kier alpha value is -2.73. The van der Waals surface area contributed by atoms with Gasteiger partial charge in [-0.25, -0.2) is 9.59 Å². The lowest BCUT2D eigenvalue weighted by Crippen LogP contribution is -2.19. The summed E-state index contributed by atoms with van der Waals surface area (Å²) in [6.45, 7) is 1.82. The van der Waals surface area contributed by atoms with Crippen molar-refractivity contribution >= 4 is 40.1 Å². The number of hydrogen-bond donors (Lipinski definition) is 2. The molecule has 3 rings (SSSR count). The molecule has 0 unspecified atom stereocenters. The second kappa shape index (κ2) is 5.81. The van der Waals surface area contributed by atoms with E-state index in [1.165, 1.54) is 4.57 Å². The summed E-state index contributed by atoms with van der Waals surface area (Å²) in [5, 5.41) is 6.00. The van der Waals surface area contributed by atoms with Crippen LogP contribution in [0.25, 0.3) is 11.1 Å². The zero-order chi connectivity index (χ0) is 16.6. The smallest absolute Gasteiger partial charge is 0.408 e. The largest absolute Gasteiger partial charge is 0.419 e. The molecule has 1 heterocycles. The zero-order valence-corrected chi connectivity index (χ0v) is 13.3. The van der Waals surface area contributed by atoms with E-state index >= 15 is 0 Å². The van der Waals surface area contributed by atoms with Crippen LogP contribution in [0.2, 0.25) is 5.02 Å². The average molecular weight is 332 g/mol. The van der Waals surface area contributed by atoms with E-state index in [1.54, 1.807) is 43.4 Å². The van der Waals surface area contributed by atoms with E-state index in [0.717, 1.165) is 5.56 Å². The van der Waals surface area contributed by atoms with Crippen LogP contribution in [-0.2, 0) is 7.05 Å². The van der Waals surface area contributed by atoms with E-state index in [2.05, 4.69) is 10.6 Å². The van der Waals surface area contributed by atoms with Crippen molar-refractivity contribution in [3.8, 4) is 0 Å². The van der Waals surface area contributed by atoms with E-state index in [-0.39, 0.29) is 0 Å². The van der Waals surface area contributed by atoms with Gasteiger partial charge in [-0.2, -0.15) is 0 Å². The number of aryl methyl sites for hydroxylation is 1. The number of rotatable bonds is 2. The molecule has 118 valence electrons. The maximum Gasteiger partial charge on any atom is 0.419 e. The quantitative estimate of drug-likeness (QED) is 0.751. The number of carbonyl (C=O) groups excluding carboxylic acids is 1. The highest BCUT2D eigenvalue weighted by atomic mass is 35.5. The number of anilines is 2. The van der Waals surface area contributed by atoms with Crippen LogP contribution in [0.4, 0.5) is 16.2 Å². The number of nitrogens with one attached hydrogen (secondary N) is 2. The number of fused-ring (bicyclic) bond motifs is 1. The molecule has 7 heteroatoms. The van der Waals surface area contributed by atoms with Gasteiger partial charge >= 0.3 is 11.8 Å². The average Bonchev–Trinajstić information content (AvgIpc) is 2.78. The molecule has 0 saturated carbocycles. The summed E-state index contributed by atoms with van der Waals surface area (Å²) >= 11 is 6.02. The highest BCUT2D eigenvalue weighted by Gasteiger charge is 2.10. The lowest BCUT2D eigenvalue weighted by atomic mass is 10.2. The third-order valence-corrected chi connectivity index (χ3v) is 3.98. The van der Waals surface area contributed by atoms with Gasteiger partial charge in [0.15, 0.2) is 5.58 Å². The Kier molecular flexibility index (Phi) is 3.83. The fourth-order valence-corrected chi connectivity index (χ4v) is 2.41. The van der Waals surface area contributed by atoms with Crippen LogP contribution in [0.5, 0.6) is 0 Å². The van der Waals surface area contributed by atoms with Crippen LogP contribution in [0, 0.1) is 6.92 Å². The van der Waals surface area contributed by atoms with Crippen molar-refractivity contribution in [2.45, 2.75) is 6.92 Å². The Morgan fingerprint density at radius 3 is 2.78 bits per heavy atom. The first kappa shape index (κ1) is 15.2. The molecule has 0 spiro atoms. The Morgan fingerprint density at radius 1 is 1.22 bits per heavy atom. The highest BCUT2D eigenvalue weighted by Crippen LogP contribution is 2.23. The maximum absolute atomic E-state index is 12.1. The Bertz CT molecular complexity index is 959. The van der Waals surface area contributed by atoms with Crippen molar-refractivity contribution in [2.24, 2.45) is 7.05 Å². The predicted molar refractivity (Wildman–Crippen MR) is 90.3 cm³/mol. The van der Waals surface area contributed by atoms with Gasteiger partial charge in [0, 0.05) is 29.5 Å². The van der Waals surface area contributed by atoms with Gasteiger partial charge in [0.05, 0.1) is 5.52 Å². The van der Waals surface area contributed by atoms with Gasteiger partial charge in [-0.05, 0) is 36.8 Å². The van der Waals surface area contributed by atoms with Crippen LogP contribution >= 0.6 is 11.6 Å². The van der Waals surface area contributed by atoms with Crippen LogP contribution in [-0.4, -0.2) is 10.6 Å². The number of urea groups is 1. The molecule has 0 bridgehead atoms. The van der Waals surface area contributed by atoms with Gasteiger partial charge in [0.1, 0.15) is 0 Å². The summed E-state index contributed by atoms with van der Waals surface area (Å²) in [6, 6.07) is 9.87. The third-order valence-electron chi connectivity index (χ3n) is 3.57. The molecule has 0 aliphatic rings. The monoisotopic (exact) mass is 331 g/mol. The van der Waals surface area contributed by atoms with E-state index in [0.29, 0.717) is 27.5 Å². The number of aromatic nitrogens is 1. The SMILES string of the molecule is Cc1c(Cl)cccc1NC(=O)Nc1ccc2c(c1)oc(=O)n2C. The second-order valence-corrected chi connectivity index (χ2v) is 5.51. The Balaban J connectivity index is 1.80. The molecule has 0 saturated heterocycles. The minimum Gasteiger partial charge on any atom is -0.408 e. The van der Waals surface area contributed by atoms with Crippen molar-refractivity contribution in [2.75, 3.05) is 10.6 Å². The van der Waals surface area contributed by atoms with Crippen molar-refractivity contribution in [1.29, 1.82) is 0 Å². The molecular weight excluding hydrogens is 318 g/mol. The van der Waals surface area contributed by atoms with Crippen molar-refractivity contribution in [3.63, 3.8) is 0 Å². The summed E-state index contributed by atoms with van der Waals surface area (Å²) in [4.78, 5) is 23.6. The maximum atomic E-state index is 12.1. The number of oxazole rings is 1. The van der Waals surface area contributed by atoms with Gasteiger partial charge in [0.2, 0.25) is 0 Å². The van der Waals surface area contributed by atoms with Crippen molar-refractivity contribution < 1.29 is 9.21 Å². The minimum atomic E-state index is -0.448. The number of hydrogen-bond acceptors (Lipinski definition) is 3. The van der Waals surface area contributed by atoms with Crippen LogP contribution < -0.4 is 16.4 Å². The summed E-state index contributed by atoms with van der Waals surface area (Å²) in [7, 11) is 1.62. The summed E-state index contributed by atoms with van der Waals surface area (Å²) in [6.07, 6.45) is 0. The van der Waals surface area contributed by atoms with E-state index < -0.39 is 11.8 Å². The number of nitrogens with zero attached hydrogens (tertiary/aromatic N) is 1. The third kappa shape index (κ3) is 2.93. The Morgan fingerprint density at radius 2 is 2.00 bits per heavy atom. The molecule has 1 aromatic heterocycles. The number of halogens is 1. The molecule has 2 amide bonds. The van der Waals surface area contributed by atoms with E-state index in [9.17, 15) is 9.59 Å². The fourth-order valence-electron chi connectivity index (χ4n) is 2.24. The van der Waals surface area contributed by atoms with Gasteiger partial charge in [-0.1, -0.05) is 17.7 Å². The van der Waals surface area contributed by atoms with E-state index in [4.69, 9.17) is 16.0 Å². The molecule has 0 aliphatic heterocycles. The summed E-state index contributed by atoms with van der Waals surface area (Å²) < 4.78 is 6.49. The van der Waals surface area contributed by atoms with Crippen molar-refractivity contribution in [3.05, 3.63) is 57.5 Å². The van der Waals surface area contributed by atoms with Gasteiger partial charge in [-0.3, -0.25) is 4.57 Å². The predicted octanol–water partition coefficient (Wildman–Crippen LogP) is 3.74. The second-order valence-electron chi connectivity index (χ2n) is 5.10.